The van der Waals surface area contributed by atoms with Crippen molar-refractivity contribution in [2.24, 2.45) is 0 Å². The van der Waals surface area contributed by atoms with E-state index in [-0.39, 0.29) is 0 Å². The third kappa shape index (κ3) is 3.87. The van der Waals surface area contributed by atoms with Gasteiger partial charge in [-0.3, -0.25) is 0 Å². The van der Waals surface area contributed by atoms with Crippen LogP contribution >= 0.6 is 15.9 Å². The number of aliphatic hydroxyl groups is 2. The van der Waals surface area contributed by atoms with Gasteiger partial charge in [-0.2, -0.15) is 0 Å². The highest BCUT2D eigenvalue weighted by molar-refractivity contribution is 9.09. The zero-order valence-corrected chi connectivity index (χ0v) is 10.9. The second kappa shape index (κ2) is 7.01. The first-order chi connectivity index (χ1) is 7.69. The van der Waals surface area contributed by atoms with E-state index in [1.807, 2.05) is 31.2 Å². The van der Waals surface area contributed by atoms with Gasteiger partial charge in [-0.05, 0) is 17.7 Å². The predicted molar refractivity (Wildman–Crippen MR) is 68.6 cm³/mol. The molecule has 0 spiro atoms. The van der Waals surface area contributed by atoms with Crippen LogP contribution in [0.1, 0.15) is 24.2 Å². The van der Waals surface area contributed by atoms with Gasteiger partial charge in [0.05, 0.1) is 6.10 Å². The second-order valence-corrected chi connectivity index (χ2v) is 4.34. The summed E-state index contributed by atoms with van der Waals surface area (Å²) in [5.41, 5.74) is 1.86. The molecule has 0 radical (unpaired) electrons. The number of aliphatic hydroxyl groups excluding tert-OH is 2. The third-order valence-electron chi connectivity index (χ3n) is 2.39. The summed E-state index contributed by atoms with van der Waals surface area (Å²) in [6.07, 6.45) is -1.60. The maximum Gasteiger partial charge on any atom is 0.106 e. The Morgan fingerprint density at radius 3 is 2.75 bits per heavy atom. The van der Waals surface area contributed by atoms with E-state index in [4.69, 9.17) is 0 Å². The minimum Gasteiger partial charge on any atom is -0.389 e. The average Bonchev–Trinajstić information content (AvgIpc) is 2.34. The zero-order chi connectivity index (χ0) is 12.0. The topological polar surface area (TPSA) is 52.5 Å². The van der Waals surface area contributed by atoms with E-state index < -0.39 is 12.2 Å². The molecule has 0 saturated carbocycles. The maximum atomic E-state index is 9.84. The van der Waals surface area contributed by atoms with E-state index in [1.165, 1.54) is 0 Å². The van der Waals surface area contributed by atoms with Crippen molar-refractivity contribution in [3.8, 4) is 0 Å². The lowest BCUT2D eigenvalue weighted by atomic mass is 10.0. The van der Waals surface area contributed by atoms with Crippen LogP contribution in [0.4, 0.5) is 0 Å². The Morgan fingerprint density at radius 2 is 2.12 bits per heavy atom. The highest BCUT2D eigenvalue weighted by atomic mass is 79.9. The first-order valence-corrected chi connectivity index (χ1v) is 6.52. The van der Waals surface area contributed by atoms with Crippen molar-refractivity contribution in [2.75, 3.05) is 11.9 Å². The molecule has 1 aromatic carbocycles. The minimum absolute atomic E-state index is 0.367. The Bertz CT molecular complexity index is 320. The summed E-state index contributed by atoms with van der Waals surface area (Å²) in [5, 5.41) is 23.0. The highest BCUT2D eigenvalue weighted by Gasteiger charge is 2.16. The van der Waals surface area contributed by atoms with Gasteiger partial charge in [0.1, 0.15) is 6.10 Å². The fraction of sp³-hybridized carbons (Fsp3) is 0.500. The van der Waals surface area contributed by atoms with Gasteiger partial charge in [0.15, 0.2) is 0 Å². The van der Waals surface area contributed by atoms with E-state index in [0.717, 1.165) is 24.2 Å². The maximum absolute atomic E-state index is 9.84. The lowest BCUT2D eigenvalue weighted by Gasteiger charge is -2.16. The van der Waals surface area contributed by atoms with Crippen molar-refractivity contribution in [3.63, 3.8) is 0 Å². The standard InChI is InChI=1S/C12H18BrNO2/c1-2-14-8-9-4-3-5-10(6-9)12(16)11(15)7-13/h3-6,11-12,14-16H,2,7-8H2,1H3. The molecule has 90 valence electrons. The van der Waals surface area contributed by atoms with Gasteiger partial charge < -0.3 is 15.5 Å². The van der Waals surface area contributed by atoms with Crippen LogP contribution in [0.2, 0.25) is 0 Å². The van der Waals surface area contributed by atoms with Gasteiger partial charge in [-0.25, -0.2) is 0 Å². The first-order valence-electron chi connectivity index (χ1n) is 5.40. The summed E-state index contributed by atoms with van der Waals surface area (Å²) in [4.78, 5) is 0. The zero-order valence-electron chi connectivity index (χ0n) is 9.36. The summed E-state index contributed by atoms with van der Waals surface area (Å²) < 4.78 is 0. The molecule has 0 saturated heterocycles. The molecule has 3 N–H and O–H groups in total. The lowest BCUT2D eigenvalue weighted by Crippen LogP contribution is -2.20. The summed E-state index contributed by atoms with van der Waals surface area (Å²) >= 11 is 3.15. The monoisotopic (exact) mass is 287 g/mol. The van der Waals surface area contributed by atoms with E-state index in [1.54, 1.807) is 0 Å². The lowest BCUT2D eigenvalue weighted by molar-refractivity contribution is 0.0342. The summed E-state index contributed by atoms with van der Waals surface area (Å²) in [7, 11) is 0. The molecule has 0 fully saturated rings. The van der Waals surface area contributed by atoms with Crippen molar-refractivity contribution in [2.45, 2.75) is 25.7 Å². The Labute approximate surface area is 105 Å². The molecule has 1 rings (SSSR count). The molecule has 0 bridgehead atoms. The molecule has 2 atom stereocenters. The van der Waals surface area contributed by atoms with Crippen LogP contribution in [0, 0.1) is 0 Å². The number of rotatable bonds is 6. The second-order valence-electron chi connectivity index (χ2n) is 3.69. The molecule has 2 unspecified atom stereocenters. The fourth-order valence-corrected chi connectivity index (χ4v) is 1.82. The van der Waals surface area contributed by atoms with E-state index in [2.05, 4.69) is 21.2 Å². The number of halogens is 1. The molecule has 3 nitrogen and oxygen atoms in total. The average molecular weight is 288 g/mol. The minimum atomic E-state index is -0.832. The summed E-state index contributed by atoms with van der Waals surface area (Å²) in [6, 6.07) is 7.64. The van der Waals surface area contributed by atoms with Crippen LogP contribution in [0.25, 0.3) is 0 Å². The van der Waals surface area contributed by atoms with Crippen LogP contribution in [0.3, 0.4) is 0 Å². The Kier molecular flexibility index (Phi) is 5.98. The molecule has 0 amide bonds. The van der Waals surface area contributed by atoms with Crippen LogP contribution in [-0.2, 0) is 6.54 Å². The Morgan fingerprint density at radius 1 is 1.38 bits per heavy atom. The van der Waals surface area contributed by atoms with Crippen LogP contribution in [0.15, 0.2) is 24.3 Å². The van der Waals surface area contributed by atoms with E-state index >= 15 is 0 Å². The van der Waals surface area contributed by atoms with Crippen molar-refractivity contribution in [3.05, 3.63) is 35.4 Å². The number of hydrogen-bond acceptors (Lipinski definition) is 3. The number of alkyl halides is 1. The molecule has 16 heavy (non-hydrogen) atoms. The van der Waals surface area contributed by atoms with Crippen LogP contribution in [0.5, 0.6) is 0 Å². The van der Waals surface area contributed by atoms with Gasteiger partial charge in [0.25, 0.3) is 0 Å². The number of hydrogen-bond donors (Lipinski definition) is 3. The molecule has 4 heteroatoms. The third-order valence-corrected chi connectivity index (χ3v) is 3.06. The Balaban J connectivity index is 2.73. The normalized spacial score (nSPS) is 14.8. The largest absolute Gasteiger partial charge is 0.389 e. The van der Waals surface area contributed by atoms with Gasteiger partial charge in [0.2, 0.25) is 0 Å². The molecule has 0 aliphatic heterocycles. The molecule has 0 aliphatic rings. The molecule has 1 aromatic rings. The first kappa shape index (κ1) is 13.6. The van der Waals surface area contributed by atoms with Gasteiger partial charge >= 0.3 is 0 Å². The fourth-order valence-electron chi connectivity index (χ4n) is 1.46. The summed E-state index contributed by atoms with van der Waals surface area (Å²) in [5.74, 6) is 0. The van der Waals surface area contributed by atoms with Crippen molar-refractivity contribution >= 4 is 15.9 Å². The molecule has 0 aromatic heterocycles. The van der Waals surface area contributed by atoms with Crippen molar-refractivity contribution < 1.29 is 10.2 Å². The van der Waals surface area contributed by atoms with Crippen LogP contribution < -0.4 is 5.32 Å². The molecule has 0 aliphatic carbocycles. The van der Waals surface area contributed by atoms with Crippen molar-refractivity contribution in [1.29, 1.82) is 0 Å². The molecule has 0 heterocycles. The SMILES string of the molecule is CCNCc1cccc(C(O)C(O)CBr)c1. The van der Waals surface area contributed by atoms with Gasteiger partial charge in [0, 0.05) is 11.9 Å². The summed E-state index contributed by atoms with van der Waals surface area (Å²) in [6.45, 7) is 3.74. The Hall–Kier alpha value is -0.420. The van der Waals surface area contributed by atoms with E-state index in [0.29, 0.717) is 5.33 Å². The van der Waals surface area contributed by atoms with Crippen molar-refractivity contribution in [1.82, 2.24) is 5.32 Å². The number of nitrogens with one attached hydrogen (secondary N) is 1. The smallest absolute Gasteiger partial charge is 0.106 e. The quantitative estimate of drug-likeness (QED) is 0.697. The predicted octanol–water partition coefficient (Wildman–Crippen LogP) is 1.59. The molecular formula is C12H18BrNO2. The van der Waals surface area contributed by atoms with Gasteiger partial charge in [-0.1, -0.05) is 47.1 Å². The van der Waals surface area contributed by atoms with Gasteiger partial charge in [-0.15, -0.1) is 0 Å². The highest BCUT2D eigenvalue weighted by Crippen LogP contribution is 2.19. The molecular weight excluding hydrogens is 270 g/mol. The van der Waals surface area contributed by atoms with E-state index in [9.17, 15) is 10.2 Å². The number of benzene rings is 1. The van der Waals surface area contributed by atoms with Crippen LogP contribution in [-0.4, -0.2) is 28.2 Å².